The molecule has 4 rings (SSSR count). The zero-order valence-corrected chi connectivity index (χ0v) is 21.7. The van der Waals surface area contributed by atoms with Crippen molar-refractivity contribution in [2.24, 2.45) is 0 Å². The fraction of sp³-hybridized carbons (Fsp3) is 0.179. The summed E-state index contributed by atoms with van der Waals surface area (Å²) in [6.07, 6.45) is 0. The zero-order valence-electron chi connectivity index (χ0n) is 21.7. The second kappa shape index (κ2) is 13.0. The highest BCUT2D eigenvalue weighted by atomic mass is 19.1. The Morgan fingerprint density at radius 3 is 2.17 bits per heavy atom. The van der Waals surface area contributed by atoms with Crippen molar-refractivity contribution in [2.45, 2.75) is 13.1 Å². The maximum Gasteiger partial charge on any atom is 0.355 e. The molecule has 0 aliphatic heterocycles. The molecule has 0 spiro atoms. The normalized spacial score (nSPS) is 10.6. The number of benzene rings is 3. The van der Waals surface area contributed by atoms with Crippen LogP contribution in [-0.4, -0.2) is 46.2 Å². The number of anilines is 1. The van der Waals surface area contributed by atoms with Crippen molar-refractivity contribution in [3.63, 3.8) is 0 Å². The molecule has 11 nitrogen and oxygen atoms in total. The second-order valence-electron chi connectivity index (χ2n) is 8.70. The minimum atomic E-state index is -0.765. The summed E-state index contributed by atoms with van der Waals surface area (Å²) in [7, 11) is 1.55. The quantitative estimate of drug-likeness (QED) is 0.136. The van der Waals surface area contributed by atoms with E-state index in [2.05, 4.69) is 20.9 Å². The van der Waals surface area contributed by atoms with Gasteiger partial charge in [-0.25, -0.2) is 18.5 Å². The molecule has 0 fully saturated rings. The van der Waals surface area contributed by atoms with E-state index in [1.807, 2.05) is 0 Å². The number of hydrogen-bond acceptors (Lipinski definition) is 7. The van der Waals surface area contributed by atoms with E-state index < -0.39 is 23.1 Å². The first kappa shape index (κ1) is 27.8. The van der Waals surface area contributed by atoms with Gasteiger partial charge in [-0.3, -0.25) is 20.1 Å². The Hall–Kier alpha value is -5.26. The van der Waals surface area contributed by atoms with Crippen LogP contribution in [0.2, 0.25) is 0 Å². The molecule has 0 unspecified atom stereocenters. The molecule has 0 aliphatic carbocycles. The van der Waals surface area contributed by atoms with Gasteiger partial charge in [0.15, 0.2) is 5.96 Å². The molecule has 0 bridgehead atoms. The molecule has 4 aromatic rings. The molecular formula is C28H28FN7O4. The van der Waals surface area contributed by atoms with Crippen LogP contribution in [0.1, 0.15) is 21.5 Å². The number of methoxy groups -OCH3 is 1. The number of halogens is 1. The molecule has 12 heteroatoms. The molecule has 1 amide bonds. The Morgan fingerprint density at radius 2 is 1.52 bits per heavy atom. The summed E-state index contributed by atoms with van der Waals surface area (Å²) in [4.78, 5) is 42.6. The molecule has 1 heterocycles. The number of nitrogens with one attached hydrogen (secondary N) is 4. The molecule has 3 aromatic carbocycles. The number of rotatable bonds is 10. The van der Waals surface area contributed by atoms with Crippen molar-refractivity contribution in [1.29, 1.82) is 5.41 Å². The molecule has 40 heavy (non-hydrogen) atoms. The van der Waals surface area contributed by atoms with Gasteiger partial charge in [0, 0.05) is 18.7 Å². The smallest absolute Gasteiger partial charge is 0.355 e. The van der Waals surface area contributed by atoms with Gasteiger partial charge in [0.2, 0.25) is 5.95 Å². The average molecular weight is 546 g/mol. The largest absolute Gasteiger partial charge is 0.497 e. The maximum atomic E-state index is 13.5. The Kier molecular flexibility index (Phi) is 9.03. The summed E-state index contributed by atoms with van der Waals surface area (Å²) >= 11 is 0. The zero-order chi connectivity index (χ0) is 28.5. The van der Waals surface area contributed by atoms with E-state index in [0.29, 0.717) is 16.9 Å². The lowest BCUT2D eigenvalue weighted by molar-refractivity contribution is 0.0975. The number of carbonyl (C=O) groups excluding carboxylic acids is 1. The van der Waals surface area contributed by atoms with Gasteiger partial charge in [0.05, 0.1) is 20.2 Å². The number of amides is 1. The van der Waals surface area contributed by atoms with Gasteiger partial charge in [0.1, 0.15) is 11.6 Å². The fourth-order valence-electron chi connectivity index (χ4n) is 3.81. The van der Waals surface area contributed by atoms with Crippen LogP contribution in [0.25, 0.3) is 0 Å². The predicted molar refractivity (Wildman–Crippen MR) is 148 cm³/mol. The van der Waals surface area contributed by atoms with Gasteiger partial charge in [-0.2, -0.15) is 4.98 Å². The molecule has 206 valence electrons. The van der Waals surface area contributed by atoms with Crippen LogP contribution >= 0.6 is 0 Å². The van der Waals surface area contributed by atoms with Crippen LogP contribution in [0, 0.1) is 11.2 Å². The van der Waals surface area contributed by atoms with E-state index >= 15 is 0 Å². The third kappa shape index (κ3) is 7.19. The number of carbonyl (C=O) groups is 1. The van der Waals surface area contributed by atoms with Gasteiger partial charge < -0.3 is 15.4 Å². The second-order valence-corrected chi connectivity index (χ2v) is 8.70. The highest BCUT2D eigenvalue weighted by molar-refractivity contribution is 6.04. The molecule has 1 aromatic heterocycles. The van der Waals surface area contributed by atoms with Crippen molar-refractivity contribution in [3.05, 3.63) is 122 Å². The standard InChI is InChI=1S/C28H28FN7O4/c1-40-23-13-9-20(10-14-23)17-35-26(32-16-15-31-25(30)33-24(37)21-5-3-2-4-6-21)34-27(38)36(28(35)39)18-19-7-11-22(29)12-8-19/h2-14H,15-18H2,1H3,(H,32,34,38)(H3,30,31,33,37). The molecule has 0 radical (unpaired) electrons. The van der Waals surface area contributed by atoms with Crippen molar-refractivity contribution in [2.75, 3.05) is 25.5 Å². The van der Waals surface area contributed by atoms with Crippen molar-refractivity contribution < 1.29 is 13.9 Å². The minimum absolute atomic E-state index is 0.0443. The Bertz CT molecular complexity index is 1580. The topological polar surface area (TPSA) is 143 Å². The molecular weight excluding hydrogens is 517 g/mol. The summed E-state index contributed by atoms with van der Waals surface area (Å²) in [5, 5.41) is 16.1. The summed E-state index contributed by atoms with van der Waals surface area (Å²) in [5.74, 6) is -0.351. The van der Waals surface area contributed by atoms with Crippen LogP contribution in [0.3, 0.4) is 0 Å². The summed E-state index contributed by atoms with van der Waals surface area (Å²) in [6, 6.07) is 21.1. The van der Waals surface area contributed by atoms with Crippen LogP contribution in [0.5, 0.6) is 5.75 Å². The maximum absolute atomic E-state index is 13.5. The van der Waals surface area contributed by atoms with Gasteiger partial charge in [-0.05, 0) is 47.5 Å². The van der Waals surface area contributed by atoms with E-state index in [1.165, 1.54) is 28.8 Å². The van der Waals surface area contributed by atoms with Crippen molar-refractivity contribution in [3.8, 4) is 5.75 Å². The number of ether oxygens (including phenoxy) is 1. The first-order valence-electron chi connectivity index (χ1n) is 12.4. The van der Waals surface area contributed by atoms with E-state index in [-0.39, 0.29) is 38.1 Å². The lowest BCUT2D eigenvalue weighted by Crippen LogP contribution is -2.44. The van der Waals surface area contributed by atoms with Gasteiger partial charge in [0.25, 0.3) is 5.91 Å². The van der Waals surface area contributed by atoms with Crippen molar-refractivity contribution >= 4 is 17.8 Å². The Balaban J connectivity index is 1.49. The molecule has 0 saturated heterocycles. The monoisotopic (exact) mass is 545 g/mol. The van der Waals surface area contributed by atoms with Gasteiger partial charge >= 0.3 is 11.4 Å². The first-order valence-corrected chi connectivity index (χ1v) is 12.4. The van der Waals surface area contributed by atoms with Crippen LogP contribution in [0.15, 0.2) is 88.5 Å². The average Bonchev–Trinajstić information content (AvgIpc) is 2.97. The third-order valence-electron chi connectivity index (χ3n) is 5.89. The van der Waals surface area contributed by atoms with E-state index in [9.17, 15) is 18.8 Å². The molecule has 0 aliphatic rings. The molecule has 0 atom stereocenters. The van der Waals surface area contributed by atoms with Gasteiger partial charge in [-0.1, -0.05) is 42.5 Å². The molecule has 4 N–H and O–H groups in total. The number of guanidine groups is 1. The molecule has 0 saturated carbocycles. The van der Waals surface area contributed by atoms with Crippen LogP contribution in [-0.2, 0) is 13.1 Å². The highest BCUT2D eigenvalue weighted by Crippen LogP contribution is 2.13. The lowest BCUT2D eigenvalue weighted by Gasteiger charge is -2.16. The summed E-state index contributed by atoms with van der Waals surface area (Å²) in [5.41, 5.74) is 0.389. The Morgan fingerprint density at radius 1 is 0.900 bits per heavy atom. The fourth-order valence-corrected chi connectivity index (χ4v) is 3.81. The van der Waals surface area contributed by atoms with E-state index in [4.69, 9.17) is 10.1 Å². The lowest BCUT2D eigenvalue weighted by atomic mass is 10.2. The highest BCUT2D eigenvalue weighted by Gasteiger charge is 2.15. The van der Waals surface area contributed by atoms with E-state index in [0.717, 1.165) is 10.1 Å². The summed E-state index contributed by atoms with van der Waals surface area (Å²) in [6.45, 7) is 0.400. The summed E-state index contributed by atoms with van der Waals surface area (Å²) < 4.78 is 20.8. The number of aromatic nitrogens is 3. The van der Waals surface area contributed by atoms with Crippen LogP contribution < -0.4 is 32.1 Å². The minimum Gasteiger partial charge on any atom is -0.497 e. The van der Waals surface area contributed by atoms with E-state index in [1.54, 1.807) is 61.7 Å². The van der Waals surface area contributed by atoms with Crippen LogP contribution in [0.4, 0.5) is 10.3 Å². The number of nitrogens with zero attached hydrogens (tertiary/aromatic N) is 3. The van der Waals surface area contributed by atoms with Gasteiger partial charge in [-0.15, -0.1) is 0 Å². The van der Waals surface area contributed by atoms with Crippen molar-refractivity contribution in [1.82, 2.24) is 24.8 Å². The Labute approximate surface area is 228 Å². The first-order chi connectivity index (χ1) is 19.3. The number of hydrogen-bond donors (Lipinski definition) is 4. The SMILES string of the molecule is COc1ccc(Cn2c(NCCNC(=N)NC(=O)c3ccccc3)nc(=O)n(Cc3ccc(F)cc3)c2=O)cc1. The third-order valence-corrected chi connectivity index (χ3v) is 5.89. The predicted octanol–water partition coefficient (Wildman–Crippen LogP) is 2.02.